The van der Waals surface area contributed by atoms with Gasteiger partial charge in [-0.05, 0) is 89.0 Å². The van der Waals surface area contributed by atoms with Crippen molar-refractivity contribution in [2.45, 2.75) is 71.4 Å². The van der Waals surface area contributed by atoms with E-state index in [0.717, 1.165) is 53.1 Å². The maximum Gasteiger partial charge on any atom is 0.306 e. The number of aromatic nitrogens is 5. The van der Waals surface area contributed by atoms with Gasteiger partial charge in [-0.3, -0.25) is 14.6 Å². The third-order valence-electron chi connectivity index (χ3n) is 8.06. The first kappa shape index (κ1) is 29.7. The van der Waals surface area contributed by atoms with Gasteiger partial charge in [0.25, 0.3) is 5.56 Å². The molecule has 0 atom stereocenters. The second-order valence-electron chi connectivity index (χ2n) is 12.6. The van der Waals surface area contributed by atoms with Gasteiger partial charge >= 0.3 is 5.97 Å². The number of fused-ring (bicyclic) bond motifs is 2. The van der Waals surface area contributed by atoms with Crippen LogP contribution >= 0.6 is 0 Å². The average molecular weight is 593 g/mol. The Kier molecular flexibility index (Phi) is 8.57. The topological polar surface area (TPSA) is 106 Å². The van der Waals surface area contributed by atoms with E-state index in [1.54, 1.807) is 6.20 Å². The van der Waals surface area contributed by atoms with Crippen LogP contribution in [-0.2, 0) is 22.5 Å². The molecule has 9 heteroatoms. The number of pyridine rings is 1. The molecule has 0 saturated carbocycles. The number of piperidine rings is 1. The highest BCUT2D eigenvalue weighted by Crippen LogP contribution is 2.30. The zero-order valence-electron chi connectivity index (χ0n) is 25.8. The number of carbonyl (C=O) groups excluding carboxylic acids is 1. The lowest BCUT2D eigenvalue weighted by Gasteiger charge is -2.26. The quantitative estimate of drug-likeness (QED) is 0.205. The number of aryl methyl sites for hydroxylation is 2. The zero-order chi connectivity index (χ0) is 30.7. The molecule has 0 bridgehead atoms. The van der Waals surface area contributed by atoms with Gasteiger partial charge in [-0.2, -0.15) is 0 Å². The molecule has 228 valence electrons. The smallest absolute Gasteiger partial charge is 0.306 e. The van der Waals surface area contributed by atoms with E-state index in [2.05, 4.69) is 49.8 Å². The summed E-state index contributed by atoms with van der Waals surface area (Å²) in [6.45, 7) is 9.69. The number of aromatic amines is 1. The van der Waals surface area contributed by atoms with E-state index in [9.17, 15) is 9.59 Å². The number of benzene rings is 2. The number of nitrogens with one attached hydrogen (secondary N) is 1. The van der Waals surface area contributed by atoms with Crippen molar-refractivity contribution >= 4 is 28.0 Å². The van der Waals surface area contributed by atoms with Crippen LogP contribution < -0.4 is 5.56 Å². The normalized spacial score (nSPS) is 14.3. The molecule has 1 fully saturated rings. The summed E-state index contributed by atoms with van der Waals surface area (Å²) >= 11 is 0. The summed E-state index contributed by atoms with van der Waals surface area (Å²) < 4.78 is 7.70. The van der Waals surface area contributed by atoms with Crippen LogP contribution in [0.4, 0.5) is 0 Å². The molecule has 44 heavy (non-hydrogen) atoms. The minimum atomic E-state index is -0.574. The summed E-state index contributed by atoms with van der Waals surface area (Å²) in [7, 11) is 0. The van der Waals surface area contributed by atoms with Gasteiger partial charge in [-0.1, -0.05) is 36.8 Å². The number of likely N-dealkylation sites (tertiary alicyclic amines) is 1. The first-order valence-electron chi connectivity index (χ1n) is 15.6. The summed E-state index contributed by atoms with van der Waals surface area (Å²) in [5.41, 5.74) is 5.72. The van der Waals surface area contributed by atoms with Gasteiger partial charge in [0.15, 0.2) is 0 Å². The zero-order valence-corrected chi connectivity index (χ0v) is 25.8. The van der Waals surface area contributed by atoms with Crippen molar-refractivity contribution in [2.75, 3.05) is 19.6 Å². The molecule has 4 heterocycles. The van der Waals surface area contributed by atoms with Crippen molar-refractivity contribution < 1.29 is 9.53 Å². The number of H-pyrrole nitrogens is 1. The van der Waals surface area contributed by atoms with Crippen LogP contribution in [-0.4, -0.2) is 60.6 Å². The first-order chi connectivity index (χ1) is 21.2. The lowest BCUT2D eigenvalue weighted by Crippen LogP contribution is -2.31. The molecule has 0 amide bonds. The predicted molar refractivity (Wildman–Crippen MR) is 173 cm³/mol. The maximum absolute atomic E-state index is 12.9. The van der Waals surface area contributed by atoms with E-state index in [0.29, 0.717) is 16.7 Å². The average Bonchev–Trinajstić information content (AvgIpc) is 3.36. The second-order valence-corrected chi connectivity index (χ2v) is 12.6. The molecule has 9 nitrogen and oxygen atoms in total. The molecule has 0 unspecified atom stereocenters. The van der Waals surface area contributed by atoms with Crippen LogP contribution in [0.2, 0.25) is 0 Å². The van der Waals surface area contributed by atoms with Gasteiger partial charge in [0.1, 0.15) is 17.1 Å². The van der Waals surface area contributed by atoms with Crippen molar-refractivity contribution in [2.24, 2.45) is 0 Å². The number of hydrogen-bond donors (Lipinski definition) is 1. The highest BCUT2D eigenvalue weighted by molar-refractivity contribution is 5.93. The largest absolute Gasteiger partial charge is 0.460 e. The molecule has 1 aliphatic rings. The van der Waals surface area contributed by atoms with E-state index in [-0.39, 0.29) is 24.4 Å². The first-order valence-corrected chi connectivity index (χ1v) is 15.6. The fraction of sp³-hybridized carbons (Fsp3) is 0.400. The number of ether oxygens (including phenoxy) is 1. The van der Waals surface area contributed by atoms with E-state index in [1.807, 2.05) is 45.2 Å². The third kappa shape index (κ3) is 6.89. The van der Waals surface area contributed by atoms with Gasteiger partial charge in [0.05, 0.1) is 28.5 Å². The number of rotatable bonds is 9. The number of nitrogens with zero attached hydrogens (tertiary/aromatic N) is 5. The van der Waals surface area contributed by atoms with Crippen LogP contribution in [0.15, 0.2) is 65.7 Å². The predicted octanol–water partition coefficient (Wildman–Crippen LogP) is 6.15. The third-order valence-corrected chi connectivity index (χ3v) is 8.06. The van der Waals surface area contributed by atoms with Gasteiger partial charge in [-0.15, -0.1) is 0 Å². The highest BCUT2D eigenvalue weighted by atomic mass is 16.6. The molecule has 6 rings (SSSR count). The standard InChI is InChI=1S/C35H40N6O3/c1-35(2,3)44-32(42)15-14-27-34(43)39-28-21-30-31(22-29(28)37-27)41(20-8-19-40-17-5-4-6-18-40)33(38-30)25-12-10-24(11-13-25)26-9-7-16-36-23-26/h7,9-13,16,21-23H,4-6,8,14-15,17-20H2,1-3H3,(H,39,43). The molecule has 0 spiro atoms. The molecule has 0 aliphatic carbocycles. The van der Waals surface area contributed by atoms with E-state index in [1.165, 1.54) is 32.4 Å². The Hall–Kier alpha value is -4.37. The SMILES string of the molecule is CC(C)(C)OC(=O)CCc1nc2cc3c(cc2[nH]c1=O)nc(-c1ccc(-c2cccnc2)cc1)n3CCCN1CCCCC1. The van der Waals surface area contributed by atoms with Crippen molar-refractivity contribution in [1.82, 2.24) is 29.4 Å². The van der Waals surface area contributed by atoms with Crippen LogP contribution in [0, 0.1) is 0 Å². The Morgan fingerprint density at radius 1 is 0.932 bits per heavy atom. The van der Waals surface area contributed by atoms with Crippen LogP contribution in [0.5, 0.6) is 0 Å². The summed E-state index contributed by atoms with van der Waals surface area (Å²) in [5.74, 6) is 0.541. The Bertz CT molecular complexity index is 1810. The second kappa shape index (κ2) is 12.7. The summed E-state index contributed by atoms with van der Waals surface area (Å²) in [6, 6.07) is 16.4. The van der Waals surface area contributed by atoms with Crippen molar-refractivity contribution in [1.29, 1.82) is 0 Å². The van der Waals surface area contributed by atoms with E-state index < -0.39 is 5.60 Å². The molecule has 1 saturated heterocycles. The van der Waals surface area contributed by atoms with Gasteiger partial charge in [0, 0.05) is 30.9 Å². The minimum absolute atomic E-state index is 0.0920. The summed E-state index contributed by atoms with van der Waals surface area (Å²) in [5, 5.41) is 0. The van der Waals surface area contributed by atoms with Gasteiger partial charge < -0.3 is 19.2 Å². The molecule has 1 aliphatic heterocycles. The molecular weight excluding hydrogens is 552 g/mol. The molecule has 2 aromatic carbocycles. The highest BCUT2D eigenvalue weighted by Gasteiger charge is 2.19. The van der Waals surface area contributed by atoms with Crippen molar-refractivity contribution in [3.63, 3.8) is 0 Å². The van der Waals surface area contributed by atoms with Gasteiger partial charge in [-0.25, -0.2) is 9.97 Å². The molecule has 0 radical (unpaired) electrons. The van der Waals surface area contributed by atoms with Crippen LogP contribution in [0.1, 0.15) is 58.6 Å². The Morgan fingerprint density at radius 2 is 1.70 bits per heavy atom. The number of hydrogen-bond acceptors (Lipinski definition) is 7. The van der Waals surface area contributed by atoms with Crippen LogP contribution in [0.3, 0.4) is 0 Å². The molecule has 5 aromatic rings. The van der Waals surface area contributed by atoms with Gasteiger partial charge in [0.2, 0.25) is 0 Å². The van der Waals surface area contributed by atoms with Crippen molar-refractivity contribution in [3.05, 3.63) is 77.0 Å². The lowest BCUT2D eigenvalue weighted by molar-refractivity contribution is -0.154. The molecule has 1 N–H and O–H groups in total. The number of esters is 1. The minimum Gasteiger partial charge on any atom is -0.460 e. The summed E-state index contributed by atoms with van der Waals surface area (Å²) in [4.78, 5) is 44.8. The Balaban J connectivity index is 1.34. The number of imidazole rings is 1. The Morgan fingerprint density at radius 3 is 2.43 bits per heavy atom. The monoisotopic (exact) mass is 592 g/mol. The summed E-state index contributed by atoms with van der Waals surface area (Å²) in [6.07, 6.45) is 8.82. The maximum atomic E-state index is 12.9. The lowest BCUT2D eigenvalue weighted by atomic mass is 10.1. The van der Waals surface area contributed by atoms with E-state index >= 15 is 0 Å². The molecular formula is C35H40N6O3. The van der Waals surface area contributed by atoms with Crippen LogP contribution in [0.25, 0.3) is 44.6 Å². The van der Waals surface area contributed by atoms with Crippen molar-refractivity contribution in [3.8, 4) is 22.5 Å². The number of carbonyl (C=O) groups is 1. The Labute approximate surface area is 257 Å². The molecule has 3 aromatic heterocycles. The fourth-order valence-corrected chi connectivity index (χ4v) is 5.95. The fourth-order valence-electron chi connectivity index (χ4n) is 5.95. The van der Waals surface area contributed by atoms with E-state index in [4.69, 9.17) is 14.7 Å².